The maximum atomic E-state index is 12.9. The van der Waals surface area contributed by atoms with Crippen molar-refractivity contribution in [1.29, 1.82) is 0 Å². The molecule has 1 heteroatoms. The summed E-state index contributed by atoms with van der Waals surface area (Å²) in [6.07, 6.45) is 6.77. The lowest BCUT2D eigenvalue weighted by Gasteiger charge is -2.09. The molecule has 0 aliphatic heterocycles. The van der Waals surface area contributed by atoms with Crippen LogP contribution in [0.5, 0.6) is 0 Å². The lowest BCUT2D eigenvalue weighted by molar-refractivity contribution is 0.103. The molecule has 110 valence electrons. The molecule has 0 unspecified atom stereocenters. The average molecular weight is 288 g/mol. The van der Waals surface area contributed by atoms with Crippen molar-refractivity contribution in [2.45, 2.75) is 12.8 Å². The van der Waals surface area contributed by atoms with Crippen LogP contribution in [-0.2, 0) is 6.42 Å². The van der Waals surface area contributed by atoms with Crippen LogP contribution < -0.4 is 0 Å². The highest BCUT2D eigenvalue weighted by molar-refractivity contribution is 6.12. The van der Waals surface area contributed by atoms with Crippen molar-refractivity contribution >= 4 is 11.9 Å². The van der Waals surface area contributed by atoms with Crippen LogP contribution in [0.2, 0.25) is 0 Å². The van der Waals surface area contributed by atoms with Gasteiger partial charge in [-0.1, -0.05) is 66.7 Å². The topological polar surface area (TPSA) is 17.1 Å². The first-order chi connectivity index (χ1) is 10.8. The highest BCUT2D eigenvalue weighted by Gasteiger charge is 2.14. The van der Waals surface area contributed by atoms with E-state index in [1.54, 1.807) is 6.08 Å². The Kier molecular flexibility index (Phi) is 5.67. The summed E-state index contributed by atoms with van der Waals surface area (Å²) < 4.78 is 0. The minimum absolute atomic E-state index is 0.0567. The van der Waals surface area contributed by atoms with Crippen LogP contribution >= 0.6 is 0 Å². The van der Waals surface area contributed by atoms with E-state index in [-0.39, 0.29) is 5.78 Å². The van der Waals surface area contributed by atoms with Crippen molar-refractivity contribution in [3.8, 4) is 0 Å². The molecule has 2 aromatic rings. The predicted octanol–water partition coefficient (Wildman–Crippen LogP) is 5.26. The molecule has 0 aliphatic carbocycles. The number of carbonyl (C=O) groups is 1. The van der Waals surface area contributed by atoms with E-state index in [1.807, 2.05) is 66.7 Å². The number of rotatable bonds is 7. The molecule has 2 rings (SSSR count). The molecule has 0 heterocycles. The molecular formula is C21H20O. The fourth-order valence-corrected chi connectivity index (χ4v) is 2.37. The van der Waals surface area contributed by atoms with E-state index in [2.05, 4.69) is 13.2 Å². The van der Waals surface area contributed by atoms with Gasteiger partial charge < -0.3 is 0 Å². The fourth-order valence-electron chi connectivity index (χ4n) is 2.37. The van der Waals surface area contributed by atoms with Gasteiger partial charge in [0.25, 0.3) is 0 Å². The fraction of sp³-hybridized carbons (Fsp3) is 0.0952. The average Bonchev–Trinajstić information content (AvgIpc) is 2.56. The van der Waals surface area contributed by atoms with Crippen LogP contribution in [0, 0.1) is 0 Å². The van der Waals surface area contributed by atoms with Crippen molar-refractivity contribution in [1.82, 2.24) is 0 Å². The molecule has 0 amide bonds. The van der Waals surface area contributed by atoms with Gasteiger partial charge in [0.2, 0.25) is 0 Å². The lowest BCUT2D eigenvalue weighted by atomic mass is 9.94. The van der Waals surface area contributed by atoms with E-state index in [0.29, 0.717) is 12.8 Å². The zero-order valence-corrected chi connectivity index (χ0v) is 12.7. The Labute approximate surface area is 132 Å². The van der Waals surface area contributed by atoms with E-state index in [9.17, 15) is 4.79 Å². The summed E-state index contributed by atoms with van der Waals surface area (Å²) in [5.41, 5.74) is 3.52. The Bertz CT molecular complexity index is 693. The minimum Gasteiger partial charge on any atom is -0.289 e. The molecule has 0 atom stereocenters. The van der Waals surface area contributed by atoms with Gasteiger partial charge in [-0.15, -0.1) is 13.2 Å². The van der Waals surface area contributed by atoms with Gasteiger partial charge in [0, 0.05) is 11.1 Å². The van der Waals surface area contributed by atoms with Gasteiger partial charge >= 0.3 is 0 Å². The Morgan fingerprint density at radius 1 is 0.909 bits per heavy atom. The molecule has 2 aromatic carbocycles. The van der Waals surface area contributed by atoms with Gasteiger partial charge in [-0.3, -0.25) is 4.79 Å². The molecular weight excluding hydrogens is 268 g/mol. The summed E-state index contributed by atoms with van der Waals surface area (Å²) in [4.78, 5) is 12.9. The van der Waals surface area contributed by atoms with E-state index >= 15 is 0 Å². The number of allylic oxidation sites excluding steroid dienone is 3. The van der Waals surface area contributed by atoms with Gasteiger partial charge in [0.05, 0.1) is 0 Å². The first-order valence-corrected chi connectivity index (χ1v) is 7.36. The van der Waals surface area contributed by atoms with E-state index < -0.39 is 0 Å². The van der Waals surface area contributed by atoms with Crippen molar-refractivity contribution in [3.05, 3.63) is 102 Å². The third-order valence-corrected chi connectivity index (χ3v) is 3.42. The molecule has 0 radical (unpaired) electrons. The number of ketones is 1. The number of carbonyl (C=O) groups excluding carboxylic acids is 1. The Hall–Kier alpha value is -2.67. The van der Waals surface area contributed by atoms with Crippen molar-refractivity contribution in [3.63, 3.8) is 0 Å². The molecule has 1 nitrogen and oxygen atoms in total. The Morgan fingerprint density at radius 2 is 1.59 bits per heavy atom. The largest absolute Gasteiger partial charge is 0.289 e. The quantitative estimate of drug-likeness (QED) is 0.386. The van der Waals surface area contributed by atoms with E-state index in [4.69, 9.17) is 0 Å². The molecule has 22 heavy (non-hydrogen) atoms. The third-order valence-electron chi connectivity index (χ3n) is 3.42. The Balaban J connectivity index is 2.41. The number of Topliss-reactive ketones (excluding diaryl/α,β-unsaturated/α-hetero) is 1. The first-order valence-electron chi connectivity index (χ1n) is 7.36. The molecule has 0 bridgehead atoms. The van der Waals surface area contributed by atoms with Crippen LogP contribution in [0.4, 0.5) is 0 Å². The summed E-state index contributed by atoms with van der Waals surface area (Å²) in [5, 5.41) is 0. The number of hydrogen-bond acceptors (Lipinski definition) is 1. The molecule has 0 aromatic heterocycles. The van der Waals surface area contributed by atoms with E-state index in [1.165, 1.54) is 0 Å². The standard InChI is InChI=1S/C21H20O/c1-3-10-18-14-8-9-15-20(18)21(22)19(11-4-2)16-17-12-6-5-7-13-17/h3-9,12-16H,1-2,10-11H2. The summed E-state index contributed by atoms with van der Waals surface area (Å²) in [5.74, 6) is 0.0567. The smallest absolute Gasteiger partial charge is 0.189 e. The molecule has 0 saturated carbocycles. The third kappa shape index (κ3) is 3.92. The summed E-state index contributed by atoms with van der Waals surface area (Å²) in [6, 6.07) is 17.6. The molecule has 0 N–H and O–H groups in total. The molecule has 0 saturated heterocycles. The second-order valence-electron chi connectivity index (χ2n) is 5.05. The van der Waals surface area contributed by atoms with Crippen LogP contribution in [0.1, 0.15) is 27.9 Å². The van der Waals surface area contributed by atoms with Crippen LogP contribution in [0.3, 0.4) is 0 Å². The van der Waals surface area contributed by atoms with Crippen LogP contribution in [0.15, 0.2) is 85.5 Å². The highest BCUT2D eigenvalue weighted by Crippen LogP contribution is 2.19. The van der Waals surface area contributed by atoms with Gasteiger partial charge in [0.1, 0.15) is 0 Å². The lowest BCUT2D eigenvalue weighted by Crippen LogP contribution is -2.06. The Morgan fingerprint density at radius 3 is 2.27 bits per heavy atom. The maximum absolute atomic E-state index is 12.9. The van der Waals surface area contributed by atoms with Gasteiger partial charge in [0.15, 0.2) is 5.78 Å². The summed E-state index contributed by atoms with van der Waals surface area (Å²) >= 11 is 0. The van der Waals surface area contributed by atoms with Gasteiger partial charge in [-0.05, 0) is 30.0 Å². The normalized spacial score (nSPS) is 11.0. The second kappa shape index (κ2) is 7.94. The summed E-state index contributed by atoms with van der Waals surface area (Å²) in [6.45, 7) is 7.53. The van der Waals surface area contributed by atoms with E-state index in [0.717, 1.165) is 22.3 Å². The number of benzene rings is 2. The minimum atomic E-state index is 0.0567. The van der Waals surface area contributed by atoms with Gasteiger partial charge in [-0.25, -0.2) is 0 Å². The first kappa shape index (κ1) is 15.7. The predicted molar refractivity (Wildman–Crippen MR) is 93.9 cm³/mol. The SMILES string of the molecule is C=CCC(=Cc1ccccc1)C(=O)c1ccccc1CC=C. The summed E-state index contributed by atoms with van der Waals surface area (Å²) in [7, 11) is 0. The zero-order chi connectivity index (χ0) is 15.8. The van der Waals surface area contributed by atoms with Crippen molar-refractivity contribution < 1.29 is 4.79 Å². The van der Waals surface area contributed by atoms with Crippen LogP contribution in [0.25, 0.3) is 6.08 Å². The molecule has 0 spiro atoms. The van der Waals surface area contributed by atoms with Crippen molar-refractivity contribution in [2.75, 3.05) is 0 Å². The van der Waals surface area contributed by atoms with Crippen molar-refractivity contribution in [2.24, 2.45) is 0 Å². The maximum Gasteiger partial charge on any atom is 0.189 e. The van der Waals surface area contributed by atoms with Crippen LogP contribution in [-0.4, -0.2) is 5.78 Å². The number of hydrogen-bond donors (Lipinski definition) is 0. The highest BCUT2D eigenvalue weighted by atomic mass is 16.1. The second-order valence-corrected chi connectivity index (χ2v) is 5.05. The monoisotopic (exact) mass is 288 g/mol. The molecule has 0 fully saturated rings. The molecule has 0 aliphatic rings. The van der Waals surface area contributed by atoms with Gasteiger partial charge in [-0.2, -0.15) is 0 Å². The zero-order valence-electron chi connectivity index (χ0n) is 12.7.